The summed E-state index contributed by atoms with van der Waals surface area (Å²) in [6, 6.07) is 2.79. The lowest BCUT2D eigenvalue weighted by Crippen LogP contribution is -2.13. The summed E-state index contributed by atoms with van der Waals surface area (Å²) in [7, 11) is -4.66. The van der Waals surface area contributed by atoms with Gasteiger partial charge in [0, 0.05) is 26.1 Å². The molecule has 0 amide bonds. The molecule has 3 N–H and O–H groups in total. The molecular weight excluding hydrogens is 344 g/mol. The van der Waals surface area contributed by atoms with E-state index in [0.29, 0.717) is 0 Å². The molecule has 0 saturated heterocycles. The zero-order chi connectivity index (χ0) is 18.2. The maximum absolute atomic E-state index is 11.9. The third-order valence-corrected chi connectivity index (χ3v) is 3.58. The van der Waals surface area contributed by atoms with Gasteiger partial charge in [-0.05, 0) is 18.2 Å². The summed E-state index contributed by atoms with van der Waals surface area (Å²) in [6.45, 7) is -0.578. The van der Waals surface area contributed by atoms with Gasteiger partial charge in [-0.25, -0.2) is 9.59 Å². The second kappa shape index (κ2) is 9.33. The summed E-state index contributed by atoms with van der Waals surface area (Å²) in [5, 5.41) is 17.3. The Bertz CT molecular complexity index is 641. The average Bonchev–Trinajstić information content (AvgIpc) is 2.53. The fourth-order valence-electron chi connectivity index (χ4n) is 1.61. The van der Waals surface area contributed by atoms with E-state index >= 15 is 0 Å². The highest BCUT2D eigenvalue weighted by Crippen LogP contribution is 2.17. The van der Waals surface area contributed by atoms with Crippen molar-refractivity contribution in [3.63, 3.8) is 0 Å². The molecule has 1 rings (SSSR count). The monoisotopic (exact) mass is 362 g/mol. The van der Waals surface area contributed by atoms with Gasteiger partial charge >= 0.3 is 11.9 Å². The van der Waals surface area contributed by atoms with E-state index < -0.39 is 27.0 Å². The van der Waals surface area contributed by atoms with Crippen molar-refractivity contribution in [3.05, 3.63) is 29.3 Å². The van der Waals surface area contributed by atoms with Crippen molar-refractivity contribution in [2.45, 2.75) is 17.7 Å². The Kier molecular flexibility index (Phi) is 7.79. The van der Waals surface area contributed by atoms with Crippen LogP contribution in [0.25, 0.3) is 0 Å². The Morgan fingerprint density at radius 3 is 1.62 bits per heavy atom. The van der Waals surface area contributed by atoms with Crippen LogP contribution in [0, 0.1) is 0 Å². The molecule has 134 valence electrons. The zero-order valence-corrected chi connectivity index (χ0v) is 13.5. The van der Waals surface area contributed by atoms with Crippen molar-refractivity contribution in [1.29, 1.82) is 0 Å². The topological polar surface area (TPSA) is 147 Å². The Labute approximate surface area is 138 Å². The molecule has 0 aliphatic rings. The minimum absolute atomic E-state index is 0.0955. The first-order chi connectivity index (χ1) is 11.3. The van der Waals surface area contributed by atoms with Gasteiger partial charge in [-0.1, -0.05) is 0 Å². The summed E-state index contributed by atoms with van der Waals surface area (Å²) in [4.78, 5) is 23.1. The summed E-state index contributed by atoms with van der Waals surface area (Å²) >= 11 is 0. The lowest BCUT2D eigenvalue weighted by atomic mass is 10.1. The third-order valence-electron chi connectivity index (χ3n) is 2.75. The second-order valence-corrected chi connectivity index (χ2v) is 6.07. The van der Waals surface area contributed by atoms with Gasteiger partial charge in [0.15, 0.2) is 0 Å². The molecule has 9 nitrogen and oxygen atoms in total. The van der Waals surface area contributed by atoms with E-state index in [0.717, 1.165) is 18.2 Å². The third kappa shape index (κ3) is 6.24. The fraction of sp³-hybridized carbons (Fsp3) is 0.429. The van der Waals surface area contributed by atoms with Crippen molar-refractivity contribution in [3.8, 4) is 0 Å². The molecule has 1 aromatic rings. The van der Waals surface area contributed by atoms with Crippen LogP contribution in [-0.4, -0.2) is 61.5 Å². The number of hydrogen-bond donors (Lipinski definition) is 3. The van der Waals surface area contributed by atoms with Crippen LogP contribution in [0.1, 0.15) is 33.6 Å². The smallest absolute Gasteiger partial charge is 0.338 e. The molecule has 0 aliphatic heterocycles. The number of aliphatic hydroxyl groups excluding tert-OH is 2. The number of carbonyl (C=O) groups is 2. The number of aliphatic hydroxyl groups is 2. The first-order valence-corrected chi connectivity index (χ1v) is 8.42. The number of rotatable bonds is 9. The second-order valence-electron chi connectivity index (χ2n) is 4.65. The van der Waals surface area contributed by atoms with Gasteiger partial charge in [-0.2, -0.15) is 8.42 Å². The molecule has 10 heteroatoms. The van der Waals surface area contributed by atoms with Gasteiger partial charge in [-0.3, -0.25) is 4.55 Å². The Morgan fingerprint density at radius 1 is 0.875 bits per heavy atom. The number of ether oxygens (including phenoxy) is 2. The van der Waals surface area contributed by atoms with E-state index in [9.17, 15) is 18.0 Å². The SMILES string of the molecule is O=C(OCCCO)c1cc(C(=O)OCCCO)cc(S(=O)(=O)O)c1. The molecular formula is C14H18O9S. The van der Waals surface area contributed by atoms with E-state index in [2.05, 4.69) is 0 Å². The maximum atomic E-state index is 11.9. The average molecular weight is 362 g/mol. The van der Waals surface area contributed by atoms with E-state index in [1.807, 2.05) is 0 Å². The molecule has 0 saturated carbocycles. The van der Waals surface area contributed by atoms with Crippen LogP contribution in [0.3, 0.4) is 0 Å². The van der Waals surface area contributed by atoms with Gasteiger partial charge in [0.2, 0.25) is 0 Å². The van der Waals surface area contributed by atoms with Gasteiger partial charge in [0.25, 0.3) is 10.1 Å². The quantitative estimate of drug-likeness (QED) is 0.314. The summed E-state index contributed by atoms with van der Waals surface area (Å²) in [5.41, 5.74) is -0.533. The van der Waals surface area contributed by atoms with Crippen molar-refractivity contribution < 1.29 is 42.2 Å². The molecule has 0 aliphatic carbocycles. The van der Waals surface area contributed by atoms with Crippen LogP contribution in [0.5, 0.6) is 0 Å². The van der Waals surface area contributed by atoms with E-state index in [-0.39, 0.29) is 50.4 Å². The highest BCUT2D eigenvalue weighted by molar-refractivity contribution is 7.85. The summed E-state index contributed by atoms with van der Waals surface area (Å²) in [5.74, 6) is -1.84. The molecule has 0 unspecified atom stereocenters. The minimum atomic E-state index is -4.66. The highest BCUT2D eigenvalue weighted by Gasteiger charge is 2.20. The van der Waals surface area contributed by atoms with Crippen LogP contribution in [0.15, 0.2) is 23.1 Å². The van der Waals surface area contributed by atoms with Gasteiger partial charge in [-0.15, -0.1) is 0 Å². The molecule has 24 heavy (non-hydrogen) atoms. The van der Waals surface area contributed by atoms with Crippen LogP contribution in [0.4, 0.5) is 0 Å². The molecule has 0 bridgehead atoms. The largest absolute Gasteiger partial charge is 0.462 e. The van der Waals surface area contributed by atoms with Crippen molar-refractivity contribution >= 4 is 22.1 Å². The van der Waals surface area contributed by atoms with Gasteiger partial charge < -0.3 is 19.7 Å². The first kappa shape index (κ1) is 20.0. The lowest BCUT2D eigenvalue weighted by Gasteiger charge is -2.09. The molecule has 0 heterocycles. The fourth-order valence-corrected chi connectivity index (χ4v) is 2.16. The van der Waals surface area contributed by atoms with Crippen LogP contribution in [0.2, 0.25) is 0 Å². The highest BCUT2D eigenvalue weighted by atomic mass is 32.2. The van der Waals surface area contributed by atoms with Gasteiger partial charge in [0.1, 0.15) is 0 Å². The molecule has 0 radical (unpaired) electrons. The molecule has 0 fully saturated rings. The number of hydrogen-bond acceptors (Lipinski definition) is 8. The lowest BCUT2D eigenvalue weighted by molar-refractivity contribution is 0.0481. The predicted octanol–water partition coefficient (Wildman–Crippen LogP) is 0.0117. The molecule has 0 aromatic heterocycles. The van der Waals surface area contributed by atoms with Crippen molar-refractivity contribution in [2.24, 2.45) is 0 Å². The van der Waals surface area contributed by atoms with Crippen LogP contribution in [-0.2, 0) is 19.6 Å². The molecule has 0 atom stereocenters. The minimum Gasteiger partial charge on any atom is -0.462 e. The van der Waals surface area contributed by atoms with Crippen molar-refractivity contribution in [2.75, 3.05) is 26.4 Å². The van der Waals surface area contributed by atoms with E-state index in [1.54, 1.807) is 0 Å². The van der Waals surface area contributed by atoms with Crippen LogP contribution >= 0.6 is 0 Å². The molecule has 1 aromatic carbocycles. The van der Waals surface area contributed by atoms with Gasteiger partial charge in [0.05, 0.1) is 29.2 Å². The number of esters is 2. The Balaban J connectivity index is 3.08. The zero-order valence-electron chi connectivity index (χ0n) is 12.7. The standard InChI is InChI=1S/C14H18O9S/c15-3-1-5-22-13(17)10-7-11(14(18)23-6-2-4-16)9-12(8-10)24(19,20)21/h7-9,15-16H,1-6H2,(H,19,20,21). The first-order valence-electron chi connectivity index (χ1n) is 6.98. The summed E-state index contributed by atoms with van der Waals surface area (Å²) < 4.78 is 41.3. The van der Waals surface area contributed by atoms with E-state index in [4.69, 9.17) is 24.2 Å². The predicted molar refractivity (Wildman–Crippen MR) is 80.2 cm³/mol. The number of carbonyl (C=O) groups excluding carboxylic acids is 2. The summed E-state index contributed by atoms with van der Waals surface area (Å²) in [6.07, 6.45) is 0.388. The van der Waals surface area contributed by atoms with Crippen molar-refractivity contribution in [1.82, 2.24) is 0 Å². The maximum Gasteiger partial charge on any atom is 0.338 e. The van der Waals surface area contributed by atoms with Crippen LogP contribution < -0.4 is 0 Å². The Morgan fingerprint density at radius 2 is 1.29 bits per heavy atom. The van der Waals surface area contributed by atoms with E-state index in [1.165, 1.54) is 0 Å². The normalized spacial score (nSPS) is 11.1. The molecule has 0 spiro atoms. The Hall–Kier alpha value is -2.01. The number of benzene rings is 1.